The van der Waals surface area contributed by atoms with E-state index in [1.165, 1.54) is 19.9 Å². The fourth-order valence-electron chi connectivity index (χ4n) is 2.66. The molecular weight excluding hydrogens is 456 g/mol. The summed E-state index contributed by atoms with van der Waals surface area (Å²) in [5.41, 5.74) is 3.51. The lowest BCUT2D eigenvalue weighted by atomic mass is 10.00. The van der Waals surface area contributed by atoms with Crippen LogP contribution in [0.1, 0.15) is 26.3 Å². The van der Waals surface area contributed by atoms with Crippen LogP contribution >= 0.6 is 0 Å². The van der Waals surface area contributed by atoms with Crippen LogP contribution in [-0.4, -0.2) is 17.9 Å². The van der Waals surface area contributed by atoms with Crippen LogP contribution in [0.5, 0.6) is 5.75 Å². The van der Waals surface area contributed by atoms with Gasteiger partial charge in [-0.3, -0.25) is 0 Å². The van der Waals surface area contributed by atoms with Crippen LogP contribution in [0.15, 0.2) is 116 Å². The van der Waals surface area contributed by atoms with E-state index in [1.54, 1.807) is 31.2 Å². The van der Waals surface area contributed by atoms with E-state index in [0.717, 1.165) is 11.1 Å². The number of ether oxygens (including phenoxy) is 3. The maximum atomic E-state index is 12.2. The molecule has 0 unspecified atom stereocenters. The zero-order valence-corrected chi connectivity index (χ0v) is 20.7. The number of benzene rings is 2. The Morgan fingerprint density at radius 3 is 1.56 bits per heavy atom. The largest absolute Gasteiger partial charge is 0.424 e. The molecule has 2 rings (SSSR count). The number of esters is 3. The summed E-state index contributed by atoms with van der Waals surface area (Å²) < 4.78 is 15.7. The van der Waals surface area contributed by atoms with Gasteiger partial charge in [0.05, 0.1) is 0 Å². The van der Waals surface area contributed by atoms with E-state index in [0.29, 0.717) is 22.5 Å². The predicted octanol–water partition coefficient (Wildman–Crippen LogP) is 6.48. The highest BCUT2D eigenvalue weighted by Gasteiger charge is 2.15. The summed E-state index contributed by atoms with van der Waals surface area (Å²) in [7, 11) is 0. The van der Waals surface area contributed by atoms with E-state index in [-0.39, 0.29) is 22.7 Å². The SMILES string of the molecule is C=C(/C=C(/OC(=O)C(=C)C)C(=C)c1ccc(-c2ccc(OC(=O)C(=C)C)cc2)cc1)OC(=O)C(=C)C. The molecule has 36 heavy (non-hydrogen) atoms. The van der Waals surface area contributed by atoms with Crippen LogP contribution in [-0.2, 0) is 23.9 Å². The van der Waals surface area contributed by atoms with Crippen LogP contribution in [0.3, 0.4) is 0 Å². The molecule has 184 valence electrons. The zero-order chi connectivity index (χ0) is 27.0. The Kier molecular flexibility index (Phi) is 9.28. The molecule has 6 nitrogen and oxygen atoms in total. The molecule has 0 aliphatic heterocycles. The van der Waals surface area contributed by atoms with Crippen molar-refractivity contribution in [2.24, 2.45) is 0 Å². The molecule has 0 atom stereocenters. The second kappa shape index (κ2) is 12.1. The fraction of sp³-hybridized carbons (Fsp3) is 0.100. The van der Waals surface area contributed by atoms with Crippen LogP contribution in [0.4, 0.5) is 0 Å². The van der Waals surface area contributed by atoms with Crippen LogP contribution in [0.25, 0.3) is 16.7 Å². The molecule has 0 saturated heterocycles. The molecule has 0 heterocycles. The molecule has 0 saturated carbocycles. The lowest BCUT2D eigenvalue weighted by Crippen LogP contribution is -2.08. The minimum atomic E-state index is -0.662. The van der Waals surface area contributed by atoms with Gasteiger partial charge in [-0.05, 0) is 49.6 Å². The van der Waals surface area contributed by atoms with Crippen LogP contribution < -0.4 is 4.74 Å². The molecule has 0 N–H and O–H groups in total. The van der Waals surface area contributed by atoms with Crippen molar-refractivity contribution in [3.8, 4) is 16.9 Å². The van der Waals surface area contributed by atoms with Gasteiger partial charge in [0.15, 0.2) is 0 Å². The highest BCUT2D eigenvalue weighted by Crippen LogP contribution is 2.28. The minimum absolute atomic E-state index is 0.0438. The van der Waals surface area contributed by atoms with Gasteiger partial charge in [-0.25, -0.2) is 14.4 Å². The number of allylic oxidation sites excluding steroid dienone is 2. The summed E-state index contributed by atoms with van der Waals surface area (Å²) in [6.45, 7) is 23.0. The summed E-state index contributed by atoms with van der Waals surface area (Å²) in [4.78, 5) is 35.6. The summed E-state index contributed by atoms with van der Waals surface area (Å²) in [6.07, 6.45) is 1.31. The van der Waals surface area contributed by atoms with E-state index in [9.17, 15) is 14.4 Å². The Morgan fingerprint density at radius 1 is 0.639 bits per heavy atom. The summed E-state index contributed by atoms with van der Waals surface area (Å²) in [6, 6.07) is 14.4. The first-order chi connectivity index (χ1) is 16.9. The fourth-order valence-corrected chi connectivity index (χ4v) is 2.66. The third-order valence-corrected chi connectivity index (χ3v) is 4.69. The van der Waals surface area contributed by atoms with Gasteiger partial charge >= 0.3 is 17.9 Å². The van der Waals surface area contributed by atoms with E-state index >= 15 is 0 Å². The molecule has 0 bridgehead atoms. The first kappa shape index (κ1) is 27.5. The highest BCUT2D eigenvalue weighted by atomic mass is 16.5. The van der Waals surface area contributed by atoms with Gasteiger partial charge in [0.25, 0.3) is 0 Å². The molecule has 2 aromatic rings. The highest BCUT2D eigenvalue weighted by molar-refractivity contribution is 5.91. The molecule has 0 aliphatic rings. The third kappa shape index (κ3) is 7.67. The summed E-state index contributed by atoms with van der Waals surface area (Å²) in [5, 5.41) is 0. The van der Waals surface area contributed by atoms with Gasteiger partial charge in [-0.2, -0.15) is 0 Å². The Labute approximate surface area is 211 Å². The molecule has 0 aliphatic carbocycles. The molecule has 2 aromatic carbocycles. The van der Waals surface area contributed by atoms with Crippen molar-refractivity contribution in [3.05, 3.63) is 121 Å². The van der Waals surface area contributed by atoms with Crippen molar-refractivity contribution in [1.29, 1.82) is 0 Å². The summed E-state index contributed by atoms with van der Waals surface area (Å²) in [5.74, 6) is -1.38. The third-order valence-electron chi connectivity index (χ3n) is 4.69. The standard InChI is InChI=1S/C30H28O6/c1-18(2)28(31)34-21(7)17-27(36-30(33)20(5)6)22(8)23-9-11-24(12-10-23)25-13-15-26(16-14-25)35-29(32)19(3)4/h9-17H,1,3,5,7-8H2,2,4,6H3/b27-17+. The molecular formula is C30H28O6. The number of carbonyl (C=O) groups excluding carboxylic acids is 3. The first-order valence-corrected chi connectivity index (χ1v) is 10.8. The van der Waals surface area contributed by atoms with Gasteiger partial charge in [-0.15, -0.1) is 0 Å². The van der Waals surface area contributed by atoms with Crippen molar-refractivity contribution >= 4 is 23.5 Å². The summed E-state index contributed by atoms with van der Waals surface area (Å²) >= 11 is 0. The van der Waals surface area contributed by atoms with Crippen LogP contribution in [0, 0.1) is 0 Å². The Hall–Kier alpha value is -4.71. The molecule has 0 fully saturated rings. The lowest BCUT2D eigenvalue weighted by molar-refractivity contribution is -0.134. The second-order valence-corrected chi connectivity index (χ2v) is 8.06. The average molecular weight is 485 g/mol. The number of rotatable bonds is 10. The molecule has 0 spiro atoms. The van der Waals surface area contributed by atoms with Crippen molar-refractivity contribution < 1.29 is 28.6 Å². The second-order valence-electron chi connectivity index (χ2n) is 8.06. The minimum Gasteiger partial charge on any atom is -0.424 e. The zero-order valence-electron chi connectivity index (χ0n) is 20.7. The molecule has 0 aromatic heterocycles. The van der Waals surface area contributed by atoms with Gasteiger partial charge in [0, 0.05) is 28.4 Å². The molecule has 0 amide bonds. The van der Waals surface area contributed by atoms with Gasteiger partial charge < -0.3 is 14.2 Å². The predicted molar refractivity (Wildman–Crippen MR) is 140 cm³/mol. The lowest BCUT2D eigenvalue weighted by Gasteiger charge is -2.14. The van der Waals surface area contributed by atoms with Gasteiger partial charge in [0.1, 0.15) is 17.3 Å². The molecule has 6 heteroatoms. The topological polar surface area (TPSA) is 78.9 Å². The van der Waals surface area contributed by atoms with Gasteiger partial charge in [-0.1, -0.05) is 69.3 Å². The maximum absolute atomic E-state index is 12.2. The normalized spacial score (nSPS) is 10.6. The Balaban J connectivity index is 2.27. The molecule has 0 radical (unpaired) electrons. The number of hydrogen-bond acceptors (Lipinski definition) is 6. The van der Waals surface area contributed by atoms with Crippen LogP contribution in [0.2, 0.25) is 0 Å². The number of hydrogen-bond donors (Lipinski definition) is 0. The van der Waals surface area contributed by atoms with Gasteiger partial charge in [0.2, 0.25) is 0 Å². The van der Waals surface area contributed by atoms with E-state index < -0.39 is 17.9 Å². The Morgan fingerprint density at radius 2 is 1.08 bits per heavy atom. The van der Waals surface area contributed by atoms with Crippen molar-refractivity contribution in [1.82, 2.24) is 0 Å². The van der Waals surface area contributed by atoms with Crippen molar-refractivity contribution in [3.63, 3.8) is 0 Å². The monoisotopic (exact) mass is 484 g/mol. The first-order valence-electron chi connectivity index (χ1n) is 10.8. The Bertz CT molecular complexity index is 1290. The van der Waals surface area contributed by atoms with Crippen molar-refractivity contribution in [2.75, 3.05) is 0 Å². The number of carbonyl (C=O) groups is 3. The average Bonchev–Trinajstić information content (AvgIpc) is 2.83. The van der Waals surface area contributed by atoms with E-state index in [4.69, 9.17) is 14.2 Å². The van der Waals surface area contributed by atoms with E-state index in [2.05, 4.69) is 32.9 Å². The maximum Gasteiger partial charge on any atom is 0.338 e. The quantitative estimate of drug-likeness (QED) is 0.126. The smallest absolute Gasteiger partial charge is 0.338 e. The van der Waals surface area contributed by atoms with Crippen molar-refractivity contribution in [2.45, 2.75) is 20.8 Å². The van der Waals surface area contributed by atoms with E-state index in [1.807, 2.05) is 24.3 Å².